The Morgan fingerprint density at radius 2 is 1.91 bits per heavy atom. The van der Waals surface area contributed by atoms with Crippen LogP contribution in [0.15, 0.2) is 59.2 Å². The van der Waals surface area contributed by atoms with Gasteiger partial charge in [0, 0.05) is 17.8 Å². The monoisotopic (exact) mass is 453 g/mol. The van der Waals surface area contributed by atoms with Gasteiger partial charge in [0.1, 0.15) is 17.6 Å². The summed E-state index contributed by atoms with van der Waals surface area (Å²) < 4.78 is 16.7. The van der Waals surface area contributed by atoms with Gasteiger partial charge in [-0.25, -0.2) is 4.79 Å². The highest BCUT2D eigenvalue weighted by atomic mass is 16.5. The first-order chi connectivity index (χ1) is 15.9. The molecule has 1 aliphatic rings. The van der Waals surface area contributed by atoms with Crippen LogP contribution in [0.25, 0.3) is 0 Å². The number of rotatable bonds is 9. The number of furan rings is 1. The van der Waals surface area contributed by atoms with Crippen molar-refractivity contribution in [3.8, 4) is 5.75 Å². The van der Waals surface area contributed by atoms with Gasteiger partial charge in [-0.15, -0.1) is 0 Å². The lowest BCUT2D eigenvalue weighted by molar-refractivity contribution is -0.149. The minimum absolute atomic E-state index is 0.105. The zero-order valence-electron chi connectivity index (χ0n) is 20.0. The van der Waals surface area contributed by atoms with Gasteiger partial charge >= 0.3 is 5.97 Å². The summed E-state index contributed by atoms with van der Waals surface area (Å²) >= 11 is 0. The van der Waals surface area contributed by atoms with E-state index in [0.29, 0.717) is 35.8 Å². The maximum absolute atomic E-state index is 13.1. The first kappa shape index (κ1) is 24.6. The van der Waals surface area contributed by atoms with E-state index in [2.05, 4.69) is 20.8 Å². The third kappa shape index (κ3) is 6.98. The molecule has 1 heterocycles. The molecule has 0 spiro atoms. The standard InChI is InChI=1S/C27H35NO5/c1-5-31-22-11-9-21(10-12-22)28(18-23-7-6-16-32-23)26(29)14-15-27(30)33-25-17-20(4)8-13-24(25)19(2)3/h6-7,9-12,14-16,19-20,24-25H,5,8,13,17-18H2,1-4H3/b15-14+/t20-,24+,25-/m1/s1. The number of carbonyl (C=O) groups excluding carboxylic acids is 2. The number of anilines is 1. The van der Waals surface area contributed by atoms with Crippen LogP contribution in [-0.2, 0) is 20.9 Å². The summed E-state index contributed by atoms with van der Waals surface area (Å²) in [4.78, 5) is 27.2. The fourth-order valence-electron chi connectivity index (χ4n) is 4.41. The van der Waals surface area contributed by atoms with Crippen LogP contribution >= 0.6 is 0 Å². The molecular formula is C27H35NO5. The summed E-state index contributed by atoms with van der Waals surface area (Å²) in [5.74, 6) is 1.91. The van der Waals surface area contributed by atoms with Gasteiger partial charge in [-0.05, 0) is 73.9 Å². The molecule has 0 radical (unpaired) electrons. The van der Waals surface area contributed by atoms with E-state index in [1.54, 1.807) is 17.2 Å². The Morgan fingerprint density at radius 3 is 2.55 bits per heavy atom. The number of hydrogen-bond acceptors (Lipinski definition) is 5. The van der Waals surface area contributed by atoms with E-state index < -0.39 is 5.97 Å². The van der Waals surface area contributed by atoms with E-state index >= 15 is 0 Å². The van der Waals surface area contributed by atoms with E-state index in [9.17, 15) is 9.59 Å². The average Bonchev–Trinajstić information content (AvgIpc) is 3.30. The van der Waals surface area contributed by atoms with Crippen LogP contribution in [-0.4, -0.2) is 24.6 Å². The second-order valence-corrected chi connectivity index (χ2v) is 9.07. The zero-order valence-corrected chi connectivity index (χ0v) is 20.0. The van der Waals surface area contributed by atoms with Gasteiger partial charge in [0.2, 0.25) is 0 Å². The molecule has 178 valence electrons. The number of nitrogens with zero attached hydrogens (tertiary/aromatic N) is 1. The highest BCUT2D eigenvalue weighted by Crippen LogP contribution is 2.35. The number of ether oxygens (including phenoxy) is 2. The molecule has 1 aliphatic carbocycles. The lowest BCUT2D eigenvalue weighted by Gasteiger charge is -2.36. The van der Waals surface area contributed by atoms with Crippen molar-refractivity contribution in [3.05, 3.63) is 60.6 Å². The third-order valence-electron chi connectivity index (χ3n) is 6.21. The van der Waals surface area contributed by atoms with Crippen molar-refractivity contribution in [1.82, 2.24) is 0 Å². The van der Waals surface area contributed by atoms with Gasteiger partial charge < -0.3 is 18.8 Å². The van der Waals surface area contributed by atoms with Crippen molar-refractivity contribution in [2.45, 2.75) is 59.6 Å². The van der Waals surface area contributed by atoms with Gasteiger partial charge in [-0.1, -0.05) is 27.2 Å². The second kappa shape index (κ2) is 11.7. The molecule has 1 amide bonds. The molecule has 1 saturated carbocycles. The Kier molecular flexibility index (Phi) is 8.75. The SMILES string of the molecule is CCOc1ccc(N(Cc2ccco2)C(=O)/C=C/C(=O)O[C@@H]2C[C@H](C)CC[C@H]2C(C)C)cc1. The molecule has 1 aromatic carbocycles. The third-order valence-corrected chi connectivity index (χ3v) is 6.21. The van der Waals surface area contributed by atoms with E-state index in [1.165, 1.54) is 12.2 Å². The molecule has 0 unspecified atom stereocenters. The van der Waals surface area contributed by atoms with Crippen LogP contribution in [0.2, 0.25) is 0 Å². The zero-order chi connectivity index (χ0) is 23.8. The maximum Gasteiger partial charge on any atom is 0.331 e. The Morgan fingerprint density at radius 1 is 1.15 bits per heavy atom. The van der Waals surface area contributed by atoms with Crippen LogP contribution in [0, 0.1) is 17.8 Å². The Bertz CT molecular complexity index is 916. The van der Waals surface area contributed by atoms with Crippen molar-refractivity contribution in [2.75, 3.05) is 11.5 Å². The summed E-state index contributed by atoms with van der Waals surface area (Å²) in [6.45, 7) is 9.27. The molecule has 6 nitrogen and oxygen atoms in total. The summed E-state index contributed by atoms with van der Waals surface area (Å²) in [5, 5.41) is 0. The number of esters is 1. The van der Waals surface area contributed by atoms with Crippen LogP contribution in [0.4, 0.5) is 5.69 Å². The smallest absolute Gasteiger partial charge is 0.331 e. The average molecular weight is 454 g/mol. The molecule has 0 bridgehead atoms. The van der Waals surface area contributed by atoms with Crippen LogP contribution < -0.4 is 9.64 Å². The largest absolute Gasteiger partial charge is 0.494 e. The van der Waals surface area contributed by atoms with E-state index in [4.69, 9.17) is 13.9 Å². The van der Waals surface area contributed by atoms with Crippen LogP contribution in [0.3, 0.4) is 0 Å². The van der Waals surface area contributed by atoms with Gasteiger partial charge in [-0.2, -0.15) is 0 Å². The lowest BCUT2D eigenvalue weighted by Crippen LogP contribution is -2.35. The molecule has 33 heavy (non-hydrogen) atoms. The summed E-state index contributed by atoms with van der Waals surface area (Å²) in [6.07, 6.45) is 7.07. The molecular weight excluding hydrogens is 418 g/mol. The van der Waals surface area contributed by atoms with Crippen LogP contribution in [0.1, 0.15) is 52.7 Å². The summed E-state index contributed by atoms with van der Waals surface area (Å²) in [7, 11) is 0. The normalized spacial score (nSPS) is 20.7. The highest BCUT2D eigenvalue weighted by Gasteiger charge is 2.33. The molecule has 0 aliphatic heterocycles. The molecule has 3 atom stereocenters. The molecule has 1 aromatic heterocycles. The number of amides is 1. The van der Waals surface area contributed by atoms with E-state index in [-0.39, 0.29) is 18.6 Å². The minimum atomic E-state index is -0.474. The van der Waals surface area contributed by atoms with Crippen LogP contribution in [0.5, 0.6) is 5.75 Å². The predicted molar refractivity (Wildman–Crippen MR) is 128 cm³/mol. The fourth-order valence-corrected chi connectivity index (χ4v) is 4.41. The number of carbonyl (C=O) groups is 2. The minimum Gasteiger partial charge on any atom is -0.494 e. The van der Waals surface area contributed by atoms with Crippen molar-refractivity contribution in [2.24, 2.45) is 17.8 Å². The number of benzene rings is 1. The van der Waals surface area contributed by atoms with Gasteiger partial charge in [0.25, 0.3) is 5.91 Å². The quantitative estimate of drug-likeness (QED) is 0.356. The Labute approximate surface area is 196 Å². The summed E-state index contributed by atoms with van der Waals surface area (Å²) in [5.41, 5.74) is 0.679. The van der Waals surface area contributed by atoms with Gasteiger partial charge in [-0.3, -0.25) is 4.79 Å². The summed E-state index contributed by atoms with van der Waals surface area (Å²) in [6, 6.07) is 10.8. The molecule has 6 heteroatoms. The van der Waals surface area contributed by atoms with E-state index in [1.807, 2.05) is 37.3 Å². The van der Waals surface area contributed by atoms with E-state index in [0.717, 1.165) is 25.0 Å². The first-order valence-electron chi connectivity index (χ1n) is 11.8. The van der Waals surface area contributed by atoms with Crippen molar-refractivity contribution in [1.29, 1.82) is 0 Å². The van der Waals surface area contributed by atoms with Gasteiger partial charge in [0.15, 0.2) is 0 Å². The molecule has 0 N–H and O–H groups in total. The van der Waals surface area contributed by atoms with Crippen molar-refractivity contribution in [3.63, 3.8) is 0 Å². The molecule has 3 rings (SSSR count). The predicted octanol–water partition coefficient (Wildman–Crippen LogP) is 5.77. The molecule has 2 aromatic rings. The van der Waals surface area contributed by atoms with Crippen molar-refractivity contribution < 1.29 is 23.5 Å². The Hall–Kier alpha value is -3.02. The fraction of sp³-hybridized carbons (Fsp3) is 0.481. The van der Waals surface area contributed by atoms with Crippen molar-refractivity contribution >= 4 is 17.6 Å². The first-order valence-corrected chi connectivity index (χ1v) is 11.8. The maximum atomic E-state index is 13.1. The molecule has 0 saturated heterocycles. The Balaban J connectivity index is 1.70. The number of hydrogen-bond donors (Lipinski definition) is 0. The topological polar surface area (TPSA) is 69.0 Å². The lowest BCUT2D eigenvalue weighted by atomic mass is 9.75. The second-order valence-electron chi connectivity index (χ2n) is 9.07. The molecule has 1 fully saturated rings. The highest BCUT2D eigenvalue weighted by molar-refractivity contribution is 6.04. The van der Waals surface area contributed by atoms with Gasteiger partial charge in [0.05, 0.1) is 19.4 Å².